The highest BCUT2D eigenvalue weighted by molar-refractivity contribution is 5.94. The lowest BCUT2D eigenvalue weighted by atomic mass is 10.1. The Morgan fingerprint density at radius 3 is 2.32 bits per heavy atom. The van der Waals surface area contributed by atoms with Crippen molar-refractivity contribution in [2.75, 3.05) is 0 Å². The van der Waals surface area contributed by atoms with Crippen LogP contribution in [0, 0.1) is 11.3 Å². The molecule has 0 spiro atoms. The summed E-state index contributed by atoms with van der Waals surface area (Å²) in [5.74, 6) is -0.316. The summed E-state index contributed by atoms with van der Waals surface area (Å²) in [5, 5.41) is 8.82. The number of rotatable bonds is 4. The van der Waals surface area contributed by atoms with Gasteiger partial charge in [-0.05, 0) is 48.7 Å². The molecule has 6 heteroatoms. The van der Waals surface area contributed by atoms with Gasteiger partial charge < -0.3 is 4.90 Å². The quantitative estimate of drug-likeness (QED) is 0.826. The Kier molecular flexibility index (Phi) is 4.49. The van der Waals surface area contributed by atoms with E-state index >= 15 is 0 Å². The summed E-state index contributed by atoms with van der Waals surface area (Å²) < 4.78 is 39.6. The zero-order chi connectivity index (χ0) is 18.0. The first kappa shape index (κ1) is 17.0. The molecule has 0 N–H and O–H groups in total. The van der Waals surface area contributed by atoms with Crippen LogP contribution in [-0.4, -0.2) is 16.8 Å². The number of hydrogen-bond acceptors (Lipinski definition) is 2. The number of carbonyl (C=O) groups excluding carboxylic acids is 1. The predicted molar refractivity (Wildman–Crippen MR) is 85.5 cm³/mol. The van der Waals surface area contributed by atoms with Crippen molar-refractivity contribution in [3.05, 3.63) is 70.8 Å². The lowest BCUT2D eigenvalue weighted by Gasteiger charge is -2.24. The van der Waals surface area contributed by atoms with Crippen LogP contribution in [0.5, 0.6) is 0 Å². The third kappa shape index (κ3) is 3.82. The minimum atomic E-state index is -4.46. The molecule has 0 aromatic heterocycles. The molecule has 1 amide bonds. The zero-order valence-electron chi connectivity index (χ0n) is 13.3. The van der Waals surface area contributed by atoms with E-state index in [1.165, 1.54) is 41.3 Å². The first-order valence-corrected chi connectivity index (χ1v) is 7.86. The maximum absolute atomic E-state index is 13.2. The molecule has 1 fully saturated rings. The predicted octanol–water partition coefficient (Wildman–Crippen LogP) is 4.38. The number of benzene rings is 2. The minimum absolute atomic E-state index is 0.0376. The largest absolute Gasteiger partial charge is 0.416 e. The third-order valence-electron chi connectivity index (χ3n) is 4.17. The SMILES string of the molecule is N#Cc1ccc(C(=O)N(Cc2ccccc2C(F)(F)F)C2CC2)cc1. The summed E-state index contributed by atoms with van der Waals surface area (Å²) in [5.41, 5.74) is 0.171. The molecule has 3 rings (SSSR count). The van der Waals surface area contributed by atoms with Crippen molar-refractivity contribution < 1.29 is 18.0 Å². The van der Waals surface area contributed by atoms with E-state index in [-0.39, 0.29) is 24.1 Å². The van der Waals surface area contributed by atoms with E-state index in [0.717, 1.165) is 18.9 Å². The molecule has 1 aliphatic rings. The van der Waals surface area contributed by atoms with Crippen molar-refractivity contribution in [2.45, 2.75) is 31.6 Å². The van der Waals surface area contributed by atoms with E-state index in [2.05, 4.69) is 0 Å². The van der Waals surface area contributed by atoms with Crippen molar-refractivity contribution >= 4 is 5.91 Å². The van der Waals surface area contributed by atoms with Crippen LogP contribution in [0.25, 0.3) is 0 Å². The Hall–Kier alpha value is -2.81. The van der Waals surface area contributed by atoms with Crippen LogP contribution in [0.4, 0.5) is 13.2 Å². The molecule has 2 aromatic carbocycles. The van der Waals surface area contributed by atoms with Crippen molar-refractivity contribution in [1.82, 2.24) is 4.90 Å². The fraction of sp³-hybridized carbons (Fsp3) is 0.263. The molecule has 128 valence electrons. The Morgan fingerprint density at radius 1 is 1.12 bits per heavy atom. The summed E-state index contributed by atoms with van der Waals surface area (Å²) in [6.07, 6.45) is -2.88. The molecule has 1 saturated carbocycles. The van der Waals surface area contributed by atoms with E-state index in [9.17, 15) is 18.0 Å². The average Bonchev–Trinajstić information content (AvgIpc) is 3.43. The highest BCUT2D eigenvalue weighted by Crippen LogP contribution is 2.35. The molecule has 0 unspecified atom stereocenters. The van der Waals surface area contributed by atoms with Crippen LogP contribution < -0.4 is 0 Å². The maximum Gasteiger partial charge on any atom is 0.416 e. The topological polar surface area (TPSA) is 44.1 Å². The molecule has 2 aromatic rings. The second kappa shape index (κ2) is 6.60. The lowest BCUT2D eigenvalue weighted by Crippen LogP contribution is -2.33. The molecule has 0 bridgehead atoms. The summed E-state index contributed by atoms with van der Waals surface area (Å²) in [6.45, 7) is -0.0841. The van der Waals surface area contributed by atoms with Gasteiger partial charge in [-0.1, -0.05) is 18.2 Å². The van der Waals surface area contributed by atoms with Crippen molar-refractivity contribution in [3.8, 4) is 6.07 Å². The van der Waals surface area contributed by atoms with Crippen molar-refractivity contribution in [1.29, 1.82) is 5.26 Å². The van der Waals surface area contributed by atoms with E-state index in [4.69, 9.17) is 5.26 Å². The lowest BCUT2D eigenvalue weighted by molar-refractivity contribution is -0.138. The van der Waals surface area contributed by atoms with Crippen molar-refractivity contribution in [3.63, 3.8) is 0 Å². The molecular formula is C19H15F3N2O. The zero-order valence-corrected chi connectivity index (χ0v) is 13.3. The monoisotopic (exact) mass is 344 g/mol. The molecule has 0 saturated heterocycles. The van der Waals surface area contributed by atoms with E-state index in [1.807, 2.05) is 6.07 Å². The number of amides is 1. The molecule has 0 heterocycles. The van der Waals surface area contributed by atoms with Gasteiger partial charge in [0.2, 0.25) is 0 Å². The minimum Gasteiger partial charge on any atom is -0.331 e. The van der Waals surface area contributed by atoms with E-state index in [0.29, 0.717) is 11.1 Å². The normalized spacial score (nSPS) is 14.0. The van der Waals surface area contributed by atoms with Gasteiger partial charge in [-0.2, -0.15) is 18.4 Å². The average molecular weight is 344 g/mol. The van der Waals surface area contributed by atoms with Gasteiger partial charge in [0, 0.05) is 18.2 Å². The van der Waals surface area contributed by atoms with Crippen LogP contribution in [-0.2, 0) is 12.7 Å². The number of halogens is 3. The highest BCUT2D eigenvalue weighted by Gasteiger charge is 2.37. The van der Waals surface area contributed by atoms with Crippen LogP contribution in [0.1, 0.15) is 39.9 Å². The Labute approximate surface area is 143 Å². The first-order valence-electron chi connectivity index (χ1n) is 7.86. The smallest absolute Gasteiger partial charge is 0.331 e. The van der Waals surface area contributed by atoms with Gasteiger partial charge in [-0.3, -0.25) is 4.79 Å². The first-order chi connectivity index (χ1) is 11.9. The second-order valence-corrected chi connectivity index (χ2v) is 6.01. The Morgan fingerprint density at radius 2 is 1.76 bits per heavy atom. The molecule has 3 nitrogen and oxygen atoms in total. The Balaban J connectivity index is 1.88. The van der Waals surface area contributed by atoms with Gasteiger partial charge in [0.1, 0.15) is 0 Å². The van der Waals surface area contributed by atoms with Crippen LogP contribution >= 0.6 is 0 Å². The summed E-state index contributed by atoms with van der Waals surface area (Å²) in [7, 11) is 0. The number of hydrogen-bond donors (Lipinski definition) is 0. The fourth-order valence-electron chi connectivity index (χ4n) is 2.72. The van der Waals surface area contributed by atoms with Gasteiger partial charge in [0.05, 0.1) is 17.2 Å². The highest BCUT2D eigenvalue weighted by atomic mass is 19.4. The molecular weight excluding hydrogens is 329 g/mol. The van der Waals surface area contributed by atoms with Crippen LogP contribution in [0.15, 0.2) is 48.5 Å². The van der Waals surface area contributed by atoms with Gasteiger partial charge in [0.25, 0.3) is 5.91 Å². The summed E-state index contributed by atoms with van der Waals surface area (Å²) in [4.78, 5) is 14.2. The number of carbonyl (C=O) groups is 1. The maximum atomic E-state index is 13.2. The summed E-state index contributed by atoms with van der Waals surface area (Å²) in [6, 6.07) is 13.4. The molecule has 25 heavy (non-hydrogen) atoms. The Bertz CT molecular complexity index is 818. The van der Waals surface area contributed by atoms with Gasteiger partial charge in [-0.15, -0.1) is 0 Å². The van der Waals surface area contributed by atoms with Crippen LogP contribution in [0.2, 0.25) is 0 Å². The van der Waals surface area contributed by atoms with Crippen molar-refractivity contribution in [2.24, 2.45) is 0 Å². The van der Waals surface area contributed by atoms with Gasteiger partial charge in [0.15, 0.2) is 0 Å². The van der Waals surface area contributed by atoms with E-state index < -0.39 is 11.7 Å². The number of alkyl halides is 3. The van der Waals surface area contributed by atoms with Gasteiger partial charge >= 0.3 is 6.18 Å². The summed E-state index contributed by atoms with van der Waals surface area (Å²) >= 11 is 0. The molecule has 1 aliphatic carbocycles. The third-order valence-corrected chi connectivity index (χ3v) is 4.17. The van der Waals surface area contributed by atoms with E-state index in [1.54, 1.807) is 6.07 Å². The number of nitriles is 1. The van der Waals surface area contributed by atoms with Gasteiger partial charge in [-0.25, -0.2) is 0 Å². The standard InChI is InChI=1S/C19H15F3N2O/c20-19(21,22)17-4-2-1-3-15(17)12-24(16-9-10-16)18(25)14-7-5-13(11-23)6-8-14/h1-8,16H,9-10,12H2. The van der Waals surface area contributed by atoms with Crippen LogP contribution in [0.3, 0.4) is 0 Å². The fourth-order valence-corrected chi connectivity index (χ4v) is 2.72. The second-order valence-electron chi connectivity index (χ2n) is 6.01. The molecule has 0 radical (unpaired) electrons. The molecule has 0 atom stereocenters. The molecule has 0 aliphatic heterocycles. The number of nitrogens with zero attached hydrogens (tertiary/aromatic N) is 2.